The van der Waals surface area contributed by atoms with Crippen LogP contribution in [-0.4, -0.2) is 9.97 Å². The number of anilines is 3. The summed E-state index contributed by atoms with van der Waals surface area (Å²) in [5.74, 6) is 6.61. The van der Waals surface area contributed by atoms with Gasteiger partial charge in [-0.3, -0.25) is 0 Å². The first-order valence-electron chi connectivity index (χ1n) is 5.75. The third-order valence-electron chi connectivity index (χ3n) is 2.83. The summed E-state index contributed by atoms with van der Waals surface area (Å²) in [6.07, 6.45) is 0. The van der Waals surface area contributed by atoms with E-state index >= 15 is 0 Å². The van der Waals surface area contributed by atoms with Gasteiger partial charge in [-0.05, 0) is 32.9 Å². The first-order valence-corrected chi connectivity index (χ1v) is 5.75. The van der Waals surface area contributed by atoms with Crippen LogP contribution in [0.2, 0.25) is 0 Å². The van der Waals surface area contributed by atoms with E-state index in [-0.39, 0.29) is 0 Å². The molecule has 2 rings (SSSR count). The number of nitrogens with one attached hydrogen (secondary N) is 2. The van der Waals surface area contributed by atoms with Crippen LogP contribution in [-0.2, 0) is 0 Å². The molecule has 1 heterocycles. The van der Waals surface area contributed by atoms with E-state index in [9.17, 15) is 0 Å². The van der Waals surface area contributed by atoms with Crippen LogP contribution in [0, 0.1) is 20.8 Å². The van der Waals surface area contributed by atoms with Gasteiger partial charge in [0.1, 0.15) is 5.82 Å². The quantitative estimate of drug-likeness (QED) is 0.570. The highest BCUT2D eigenvalue weighted by Crippen LogP contribution is 2.19. The fraction of sp³-hybridized carbons (Fsp3) is 0.231. The molecule has 0 unspecified atom stereocenters. The van der Waals surface area contributed by atoms with Crippen LogP contribution in [0.3, 0.4) is 0 Å². The number of nitrogens with two attached hydrogens (primary N) is 1. The number of nitrogen functional groups attached to an aromatic ring is 1. The summed E-state index contributed by atoms with van der Waals surface area (Å²) in [6, 6.07) is 8.05. The third kappa shape index (κ3) is 2.57. The SMILES string of the molecule is Cc1ccc(Nc2nc(C)c(C)c(NN)n2)cc1. The molecule has 18 heavy (non-hydrogen) atoms. The second-order valence-corrected chi connectivity index (χ2v) is 4.24. The van der Waals surface area contributed by atoms with Crippen molar-refractivity contribution in [3.63, 3.8) is 0 Å². The van der Waals surface area contributed by atoms with Gasteiger partial charge in [0.25, 0.3) is 0 Å². The molecule has 2 aromatic rings. The normalized spacial score (nSPS) is 10.2. The van der Waals surface area contributed by atoms with Gasteiger partial charge in [-0.15, -0.1) is 0 Å². The van der Waals surface area contributed by atoms with E-state index in [0.717, 1.165) is 16.9 Å². The average molecular weight is 243 g/mol. The molecule has 94 valence electrons. The number of benzene rings is 1. The van der Waals surface area contributed by atoms with Gasteiger partial charge >= 0.3 is 0 Å². The summed E-state index contributed by atoms with van der Waals surface area (Å²) >= 11 is 0. The molecule has 0 aliphatic heterocycles. The summed E-state index contributed by atoms with van der Waals surface area (Å²) < 4.78 is 0. The van der Waals surface area contributed by atoms with E-state index in [0.29, 0.717) is 11.8 Å². The topological polar surface area (TPSA) is 75.9 Å². The van der Waals surface area contributed by atoms with Crippen molar-refractivity contribution in [1.82, 2.24) is 9.97 Å². The minimum Gasteiger partial charge on any atom is -0.324 e. The van der Waals surface area contributed by atoms with Gasteiger partial charge in [0, 0.05) is 16.9 Å². The van der Waals surface area contributed by atoms with Gasteiger partial charge in [-0.1, -0.05) is 17.7 Å². The highest BCUT2D eigenvalue weighted by Gasteiger charge is 2.06. The first-order chi connectivity index (χ1) is 8.60. The molecule has 0 saturated carbocycles. The molecule has 0 atom stereocenters. The lowest BCUT2D eigenvalue weighted by molar-refractivity contribution is 1.05. The van der Waals surface area contributed by atoms with Crippen molar-refractivity contribution in [2.24, 2.45) is 5.84 Å². The monoisotopic (exact) mass is 243 g/mol. The van der Waals surface area contributed by atoms with Crippen molar-refractivity contribution in [1.29, 1.82) is 0 Å². The molecule has 5 nitrogen and oxygen atoms in total. The Bertz CT molecular complexity index is 548. The van der Waals surface area contributed by atoms with Crippen LogP contribution in [0.15, 0.2) is 24.3 Å². The molecule has 0 radical (unpaired) electrons. The molecule has 0 saturated heterocycles. The minimum atomic E-state index is 0.537. The molecule has 1 aromatic carbocycles. The number of hydrogen-bond acceptors (Lipinski definition) is 5. The fourth-order valence-electron chi connectivity index (χ4n) is 1.59. The summed E-state index contributed by atoms with van der Waals surface area (Å²) in [7, 11) is 0. The highest BCUT2D eigenvalue weighted by molar-refractivity contribution is 5.57. The number of aryl methyl sites for hydroxylation is 2. The molecular weight excluding hydrogens is 226 g/mol. The molecule has 0 spiro atoms. The standard InChI is InChI=1S/C13H17N5/c1-8-4-6-11(7-5-8)16-13-15-10(3)9(2)12(17-13)18-14/h4-7H,14H2,1-3H3,(H2,15,16,17,18). The molecule has 1 aromatic heterocycles. The molecular formula is C13H17N5. The summed E-state index contributed by atoms with van der Waals surface area (Å²) in [5, 5.41) is 3.16. The Balaban J connectivity index is 2.29. The van der Waals surface area contributed by atoms with Crippen molar-refractivity contribution in [2.45, 2.75) is 20.8 Å². The lowest BCUT2D eigenvalue weighted by atomic mass is 10.2. The molecule has 0 bridgehead atoms. The van der Waals surface area contributed by atoms with Crippen molar-refractivity contribution >= 4 is 17.5 Å². The predicted octanol–water partition coefficient (Wildman–Crippen LogP) is 2.43. The Hall–Kier alpha value is -2.14. The number of rotatable bonds is 3. The number of hydrogen-bond donors (Lipinski definition) is 3. The number of nitrogens with zero attached hydrogens (tertiary/aromatic N) is 2. The first kappa shape index (κ1) is 12.3. The van der Waals surface area contributed by atoms with Crippen LogP contribution >= 0.6 is 0 Å². The van der Waals surface area contributed by atoms with Gasteiger partial charge in [-0.25, -0.2) is 10.8 Å². The molecule has 0 amide bonds. The maximum absolute atomic E-state index is 5.43. The minimum absolute atomic E-state index is 0.537. The smallest absolute Gasteiger partial charge is 0.229 e. The van der Waals surface area contributed by atoms with Crippen LogP contribution in [0.5, 0.6) is 0 Å². The zero-order chi connectivity index (χ0) is 13.1. The molecule has 0 aliphatic carbocycles. The summed E-state index contributed by atoms with van der Waals surface area (Å²) in [5.41, 5.74) is 6.59. The largest absolute Gasteiger partial charge is 0.324 e. The number of hydrazine groups is 1. The maximum Gasteiger partial charge on any atom is 0.229 e. The molecule has 5 heteroatoms. The molecule has 0 aliphatic rings. The highest BCUT2D eigenvalue weighted by atomic mass is 15.3. The van der Waals surface area contributed by atoms with E-state index in [1.54, 1.807) is 0 Å². The van der Waals surface area contributed by atoms with E-state index < -0.39 is 0 Å². The Kier molecular flexibility index (Phi) is 3.43. The number of aromatic nitrogens is 2. The lowest BCUT2D eigenvalue weighted by Gasteiger charge is -2.10. The summed E-state index contributed by atoms with van der Waals surface area (Å²) in [6.45, 7) is 5.91. The van der Waals surface area contributed by atoms with Gasteiger partial charge in [0.15, 0.2) is 0 Å². The van der Waals surface area contributed by atoms with Crippen LogP contribution < -0.4 is 16.6 Å². The fourth-order valence-corrected chi connectivity index (χ4v) is 1.59. The zero-order valence-electron chi connectivity index (χ0n) is 10.8. The van der Waals surface area contributed by atoms with Crippen molar-refractivity contribution in [2.75, 3.05) is 10.7 Å². The zero-order valence-corrected chi connectivity index (χ0v) is 10.8. The van der Waals surface area contributed by atoms with Gasteiger partial charge in [0.05, 0.1) is 0 Å². The van der Waals surface area contributed by atoms with Crippen molar-refractivity contribution < 1.29 is 0 Å². The maximum atomic E-state index is 5.43. The van der Waals surface area contributed by atoms with E-state index in [4.69, 9.17) is 5.84 Å². The second-order valence-electron chi connectivity index (χ2n) is 4.24. The van der Waals surface area contributed by atoms with Crippen LogP contribution in [0.1, 0.15) is 16.8 Å². The second kappa shape index (κ2) is 5.01. The van der Waals surface area contributed by atoms with Crippen LogP contribution in [0.25, 0.3) is 0 Å². The van der Waals surface area contributed by atoms with Crippen molar-refractivity contribution in [3.8, 4) is 0 Å². The van der Waals surface area contributed by atoms with Gasteiger partial charge in [0.2, 0.25) is 5.95 Å². The van der Waals surface area contributed by atoms with E-state index in [2.05, 4.69) is 20.7 Å². The predicted molar refractivity (Wildman–Crippen MR) is 73.8 cm³/mol. The average Bonchev–Trinajstić information content (AvgIpc) is 2.36. The lowest BCUT2D eigenvalue weighted by Crippen LogP contribution is -2.13. The molecule has 4 N–H and O–H groups in total. The Labute approximate surface area is 106 Å². The summed E-state index contributed by atoms with van der Waals surface area (Å²) in [4.78, 5) is 8.69. The van der Waals surface area contributed by atoms with Crippen molar-refractivity contribution in [3.05, 3.63) is 41.1 Å². The molecule has 0 fully saturated rings. The Morgan fingerprint density at radius 2 is 1.67 bits per heavy atom. The van der Waals surface area contributed by atoms with Crippen LogP contribution in [0.4, 0.5) is 17.5 Å². The Morgan fingerprint density at radius 3 is 2.28 bits per heavy atom. The third-order valence-corrected chi connectivity index (χ3v) is 2.83. The Morgan fingerprint density at radius 1 is 1.00 bits per heavy atom. The van der Waals surface area contributed by atoms with Gasteiger partial charge in [-0.2, -0.15) is 4.98 Å². The van der Waals surface area contributed by atoms with Gasteiger partial charge < -0.3 is 10.7 Å². The van der Waals surface area contributed by atoms with E-state index in [1.807, 2.05) is 45.0 Å². The van der Waals surface area contributed by atoms with E-state index in [1.165, 1.54) is 5.56 Å².